The van der Waals surface area contributed by atoms with Gasteiger partial charge in [-0.2, -0.15) is 0 Å². The Hall–Kier alpha value is -0.690. The van der Waals surface area contributed by atoms with Crippen molar-refractivity contribution in [2.24, 2.45) is 5.84 Å². The van der Waals surface area contributed by atoms with E-state index in [-0.39, 0.29) is 5.97 Å². The zero-order chi connectivity index (χ0) is 11.8. The van der Waals surface area contributed by atoms with Crippen LogP contribution in [0.15, 0.2) is 0 Å². The topological polar surface area (TPSA) is 70.8 Å². The molecule has 0 aromatic rings. The van der Waals surface area contributed by atoms with Crippen LogP contribution in [0.3, 0.4) is 0 Å². The zero-order valence-electron chi connectivity index (χ0n) is 9.95. The average molecular weight is 230 g/mol. The van der Waals surface area contributed by atoms with Gasteiger partial charge in [0, 0.05) is 32.7 Å². The van der Waals surface area contributed by atoms with Crippen molar-refractivity contribution in [3.8, 4) is 0 Å². The summed E-state index contributed by atoms with van der Waals surface area (Å²) >= 11 is 0. The molecule has 94 valence electrons. The van der Waals surface area contributed by atoms with Gasteiger partial charge in [-0.1, -0.05) is 12.5 Å². The number of hydrogen-bond acceptors (Lipinski definition) is 6. The summed E-state index contributed by atoms with van der Waals surface area (Å²) in [7, 11) is 0. The lowest BCUT2D eigenvalue weighted by Gasteiger charge is -2.34. The summed E-state index contributed by atoms with van der Waals surface area (Å²) in [5.74, 6) is 4.57. The first kappa shape index (κ1) is 13.4. The molecule has 0 aromatic carbocycles. The van der Waals surface area contributed by atoms with E-state index in [1.165, 1.54) is 13.0 Å². The predicted molar refractivity (Wildman–Crippen MR) is 61.2 cm³/mol. The number of carbonyl (C=O) groups is 1. The fourth-order valence-corrected chi connectivity index (χ4v) is 1.92. The maximum absolute atomic E-state index is 11.1. The first-order chi connectivity index (χ1) is 7.76. The van der Waals surface area contributed by atoms with Gasteiger partial charge in [0.25, 0.3) is 0 Å². The highest BCUT2D eigenvalue weighted by Gasteiger charge is 2.16. The van der Waals surface area contributed by atoms with E-state index in [9.17, 15) is 4.79 Å². The van der Waals surface area contributed by atoms with Gasteiger partial charge >= 0.3 is 5.97 Å². The molecule has 0 unspecified atom stereocenters. The SMILES string of the molecule is CCCN1CCN(CCC(=O)ONN)CC1. The Labute approximate surface area is 96.6 Å². The lowest BCUT2D eigenvalue weighted by molar-refractivity contribution is -0.151. The predicted octanol–water partition coefficient (Wildman–Crippen LogP) is -0.674. The summed E-state index contributed by atoms with van der Waals surface area (Å²) in [5.41, 5.74) is 1.90. The second-order valence-electron chi connectivity index (χ2n) is 4.03. The Morgan fingerprint density at radius 1 is 1.25 bits per heavy atom. The molecule has 6 heteroatoms. The summed E-state index contributed by atoms with van der Waals surface area (Å²) in [6.45, 7) is 8.37. The van der Waals surface area contributed by atoms with Gasteiger partial charge in [-0.25, -0.2) is 5.84 Å². The number of nitrogens with two attached hydrogens (primary N) is 1. The molecule has 1 rings (SSSR count). The van der Waals surface area contributed by atoms with Crippen LogP contribution in [0.4, 0.5) is 0 Å². The standard InChI is InChI=1S/C10H22N4O2/c1-2-4-13-6-8-14(9-7-13)5-3-10(15)16-12-11/h12H,2-9,11H2,1H3. The lowest BCUT2D eigenvalue weighted by atomic mass is 10.3. The molecule has 1 saturated heterocycles. The molecule has 6 nitrogen and oxygen atoms in total. The van der Waals surface area contributed by atoms with E-state index in [1.54, 1.807) is 0 Å². The van der Waals surface area contributed by atoms with E-state index in [0.29, 0.717) is 6.42 Å². The van der Waals surface area contributed by atoms with Crippen LogP contribution in [0.1, 0.15) is 19.8 Å². The highest BCUT2D eigenvalue weighted by Crippen LogP contribution is 2.03. The summed E-state index contributed by atoms with van der Waals surface area (Å²) in [5, 5.41) is 0. The van der Waals surface area contributed by atoms with Crippen molar-refractivity contribution in [2.75, 3.05) is 39.3 Å². The second kappa shape index (κ2) is 7.56. The Morgan fingerprint density at radius 3 is 2.31 bits per heavy atom. The molecule has 1 aliphatic heterocycles. The van der Waals surface area contributed by atoms with Crippen LogP contribution in [0, 0.1) is 0 Å². The second-order valence-corrected chi connectivity index (χ2v) is 4.03. The van der Waals surface area contributed by atoms with Crippen LogP contribution < -0.4 is 11.4 Å². The first-order valence-corrected chi connectivity index (χ1v) is 5.86. The molecule has 0 bridgehead atoms. The molecule has 0 aliphatic carbocycles. The first-order valence-electron chi connectivity index (χ1n) is 5.86. The molecule has 1 aliphatic rings. The van der Waals surface area contributed by atoms with Crippen molar-refractivity contribution >= 4 is 5.97 Å². The quantitative estimate of drug-likeness (QED) is 0.465. The molecule has 0 spiro atoms. The van der Waals surface area contributed by atoms with Gasteiger partial charge in [-0.15, -0.1) is 0 Å². The normalized spacial score (nSPS) is 18.6. The van der Waals surface area contributed by atoms with Crippen LogP contribution in [0.25, 0.3) is 0 Å². The molecular formula is C10H22N4O2. The third kappa shape index (κ3) is 4.89. The number of hydrogen-bond donors (Lipinski definition) is 2. The van der Waals surface area contributed by atoms with Gasteiger partial charge in [-0.3, -0.25) is 4.79 Å². The Morgan fingerprint density at radius 2 is 1.81 bits per heavy atom. The van der Waals surface area contributed by atoms with E-state index in [0.717, 1.165) is 32.7 Å². The van der Waals surface area contributed by atoms with E-state index in [1.807, 2.05) is 5.59 Å². The minimum absolute atomic E-state index is 0.307. The molecule has 3 N–H and O–H groups in total. The third-order valence-electron chi connectivity index (χ3n) is 2.81. The molecular weight excluding hydrogens is 208 g/mol. The van der Waals surface area contributed by atoms with E-state index >= 15 is 0 Å². The van der Waals surface area contributed by atoms with E-state index in [2.05, 4.69) is 21.6 Å². The number of carbonyl (C=O) groups excluding carboxylic acids is 1. The van der Waals surface area contributed by atoms with Gasteiger partial charge in [0.1, 0.15) is 0 Å². The van der Waals surface area contributed by atoms with E-state index < -0.39 is 0 Å². The van der Waals surface area contributed by atoms with Crippen molar-refractivity contribution in [1.29, 1.82) is 0 Å². The van der Waals surface area contributed by atoms with Crippen LogP contribution >= 0.6 is 0 Å². The molecule has 0 aromatic heterocycles. The van der Waals surface area contributed by atoms with Crippen molar-refractivity contribution in [1.82, 2.24) is 15.4 Å². The molecule has 0 saturated carbocycles. The third-order valence-corrected chi connectivity index (χ3v) is 2.81. The fraction of sp³-hybridized carbons (Fsp3) is 0.900. The number of hydrazine groups is 1. The lowest BCUT2D eigenvalue weighted by Crippen LogP contribution is -2.47. The van der Waals surface area contributed by atoms with Crippen molar-refractivity contribution in [2.45, 2.75) is 19.8 Å². The summed E-state index contributed by atoms with van der Waals surface area (Å²) in [4.78, 5) is 20.2. The van der Waals surface area contributed by atoms with E-state index in [4.69, 9.17) is 5.84 Å². The Balaban J connectivity index is 2.10. The highest BCUT2D eigenvalue weighted by molar-refractivity contribution is 5.69. The minimum atomic E-state index is -0.307. The smallest absolute Gasteiger partial charge is 0.327 e. The number of rotatable bonds is 6. The van der Waals surface area contributed by atoms with Gasteiger partial charge < -0.3 is 14.6 Å². The average Bonchev–Trinajstić information content (AvgIpc) is 2.29. The van der Waals surface area contributed by atoms with Gasteiger partial charge in [0.05, 0.1) is 6.42 Å². The van der Waals surface area contributed by atoms with Crippen LogP contribution in [-0.4, -0.2) is 55.0 Å². The highest BCUT2D eigenvalue weighted by atomic mass is 16.7. The maximum atomic E-state index is 11.1. The van der Waals surface area contributed by atoms with Crippen molar-refractivity contribution < 1.29 is 9.63 Å². The van der Waals surface area contributed by atoms with Crippen LogP contribution in [0.5, 0.6) is 0 Å². The number of piperazine rings is 1. The maximum Gasteiger partial charge on any atom is 0.327 e. The molecule has 1 heterocycles. The minimum Gasteiger partial charge on any atom is -0.356 e. The van der Waals surface area contributed by atoms with Gasteiger partial charge in [0.15, 0.2) is 0 Å². The molecule has 1 fully saturated rings. The summed E-state index contributed by atoms with van der Waals surface area (Å²) in [6.07, 6.45) is 1.59. The summed E-state index contributed by atoms with van der Waals surface area (Å²) in [6, 6.07) is 0. The Kier molecular flexibility index (Phi) is 6.32. The molecule has 16 heavy (non-hydrogen) atoms. The molecule has 0 radical (unpaired) electrons. The number of nitrogens with one attached hydrogen (secondary N) is 1. The van der Waals surface area contributed by atoms with Gasteiger partial charge in [-0.05, 0) is 13.0 Å². The van der Waals surface area contributed by atoms with Crippen LogP contribution in [0.2, 0.25) is 0 Å². The van der Waals surface area contributed by atoms with Gasteiger partial charge in [0.2, 0.25) is 0 Å². The molecule has 0 amide bonds. The monoisotopic (exact) mass is 230 g/mol. The van der Waals surface area contributed by atoms with Crippen LogP contribution in [-0.2, 0) is 9.63 Å². The summed E-state index contributed by atoms with van der Waals surface area (Å²) < 4.78 is 0. The Bertz CT molecular complexity index is 205. The van der Waals surface area contributed by atoms with Crippen molar-refractivity contribution in [3.63, 3.8) is 0 Å². The van der Waals surface area contributed by atoms with Crippen molar-refractivity contribution in [3.05, 3.63) is 0 Å². The number of nitrogens with zero attached hydrogens (tertiary/aromatic N) is 2. The molecule has 0 atom stereocenters. The largest absolute Gasteiger partial charge is 0.356 e. The zero-order valence-corrected chi connectivity index (χ0v) is 9.95. The fourth-order valence-electron chi connectivity index (χ4n) is 1.92.